The fraction of sp³-hybridized carbons (Fsp3) is 0.375. The number of rotatable bonds is 3. The standard InChI is InChI=1S/C16H14F5N7O/c17-15(18)6-23-3-2-9(15)28-14(11-12(22)25-7-26-13(11)27-28)29-10-5-8(1-4-24-10)16(19,20)21/h1,4-5,7,9,23H,2-3,6H2,(H2,22,25,26,27). The number of ether oxygens (including phenoxy) is 1. The second-order valence-electron chi connectivity index (χ2n) is 6.43. The predicted molar refractivity (Wildman–Crippen MR) is 90.5 cm³/mol. The van der Waals surface area contributed by atoms with Crippen molar-refractivity contribution < 1.29 is 26.7 Å². The molecule has 3 aromatic rings. The second kappa shape index (κ2) is 6.76. The van der Waals surface area contributed by atoms with E-state index in [2.05, 4.69) is 25.4 Å². The molecule has 29 heavy (non-hydrogen) atoms. The van der Waals surface area contributed by atoms with Crippen LogP contribution in [0, 0.1) is 0 Å². The molecule has 1 atom stereocenters. The summed E-state index contributed by atoms with van der Waals surface area (Å²) in [6, 6.07) is 0.00267. The van der Waals surface area contributed by atoms with Crippen LogP contribution in [0.4, 0.5) is 27.8 Å². The maximum Gasteiger partial charge on any atom is 0.416 e. The number of fused-ring (bicyclic) bond motifs is 1. The van der Waals surface area contributed by atoms with E-state index >= 15 is 0 Å². The third-order valence-corrected chi connectivity index (χ3v) is 4.48. The van der Waals surface area contributed by atoms with E-state index in [9.17, 15) is 22.0 Å². The van der Waals surface area contributed by atoms with Crippen molar-refractivity contribution in [2.45, 2.75) is 24.6 Å². The second-order valence-corrected chi connectivity index (χ2v) is 6.43. The van der Waals surface area contributed by atoms with Crippen molar-refractivity contribution in [3.8, 4) is 11.8 Å². The summed E-state index contributed by atoms with van der Waals surface area (Å²) in [4.78, 5) is 11.4. The Balaban J connectivity index is 1.85. The number of aromatic nitrogens is 5. The number of hydrogen-bond acceptors (Lipinski definition) is 7. The average Bonchev–Trinajstić information content (AvgIpc) is 3.00. The fourth-order valence-electron chi connectivity index (χ4n) is 3.11. The van der Waals surface area contributed by atoms with Crippen LogP contribution >= 0.6 is 0 Å². The molecule has 4 heterocycles. The summed E-state index contributed by atoms with van der Waals surface area (Å²) in [5.41, 5.74) is 4.81. The van der Waals surface area contributed by atoms with Crippen LogP contribution in [0.1, 0.15) is 18.0 Å². The number of anilines is 1. The smallest absolute Gasteiger partial charge is 0.416 e. The van der Waals surface area contributed by atoms with Gasteiger partial charge in [0.2, 0.25) is 11.8 Å². The Bertz CT molecular complexity index is 1050. The van der Waals surface area contributed by atoms with Gasteiger partial charge in [0, 0.05) is 12.3 Å². The third kappa shape index (κ3) is 3.52. The Hall–Kier alpha value is -3.09. The van der Waals surface area contributed by atoms with Crippen molar-refractivity contribution in [1.82, 2.24) is 30.0 Å². The Kier molecular flexibility index (Phi) is 4.48. The number of nitrogens with two attached hydrogens (primary N) is 1. The van der Waals surface area contributed by atoms with Crippen molar-refractivity contribution in [1.29, 1.82) is 0 Å². The molecule has 1 unspecified atom stereocenters. The molecule has 4 rings (SSSR count). The first-order valence-electron chi connectivity index (χ1n) is 8.45. The number of halogens is 5. The van der Waals surface area contributed by atoms with Crippen molar-refractivity contribution in [3.05, 3.63) is 30.2 Å². The number of alkyl halides is 5. The molecular weight excluding hydrogens is 401 g/mol. The minimum atomic E-state index is -4.63. The minimum Gasteiger partial charge on any atom is -0.420 e. The highest BCUT2D eigenvalue weighted by atomic mass is 19.4. The first-order chi connectivity index (χ1) is 13.7. The number of nitrogens with one attached hydrogen (secondary N) is 1. The lowest BCUT2D eigenvalue weighted by Gasteiger charge is -2.32. The molecule has 13 heteroatoms. The summed E-state index contributed by atoms with van der Waals surface area (Å²) in [5.74, 6) is -4.05. The lowest BCUT2D eigenvalue weighted by atomic mass is 10.0. The SMILES string of the molecule is Nc1ncnc2nn(C3CCNCC3(F)F)c(Oc3cc(C(F)(F)F)ccn3)c12. The van der Waals surface area contributed by atoms with Crippen molar-refractivity contribution in [3.63, 3.8) is 0 Å². The molecule has 8 nitrogen and oxygen atoms in total. The quantitative estimate of drug-likeness (QED) is 0.634. The van der Waals surface area contributed by atoms with Crippen LogP contribution in [0.3, 0.4) is 0 Å². The van der Waals surface area contributed by atoms with E-state index in [4.69, 9.17) is 10.5 Å². The Morgan fingerprint density at radius 2 is 2.03 bits per heavy atom. The van der Waals surface area contributed by atoms with E-state index in [0.29, 0.717) is 12.6 Å². The maximum atomic E-state index is 14.5. The summed E-state index contributed by atoms with van der Waals surface area (Å²) < 4.78 is 74.4. The Morgan fingerprint density at radius 3 is 2.76 bits per heavy atom. The highest BCUT2D eigenvalue weighted by molar-refractivity contribution is 5.90. The number of piperidine rings is 1. The molecule has 3 aromatic heterocycles. The summed E-state index contributed by atoms with van der Waals surface area (Å²) in [6.07, 6.45) is -2.63. The lowest BCUT2D eigenvalue weighted by molar-refractivity contribution is -0.137. The van der Waals surface area contributed by atoms with E-state index in [1.807, 2.05) is 0 Å². The summed E-state index contributed by atoms with van der Waals surface area (Å²) in [5, 5.41) is 6.67. The molecule has 0 saturated carbocycles. The van der Waals surface area contributed by atoms with Crippen LogP contribution < -0.4 is 15.8 Å². The van der Waals surface area contributed by atoms with Gasteiger partial charge in [-0.25, -0.2) is 28.4 Å². The van der Waals surface area contributed by atoms with Crippen LogP contribution in [-0.4, -0.2) is 43.7 Å². The molecular formula is C16H14F5N7O. The van der Waals surface area contributed by atoms with E-state index in [1.54, 1.807) is 0 Å². The van der Waals surface area contributed by atoms with Gasteiger partial charge in [-0.15, -0.1) is 5.10 Å². The molecule has 154 valence electrons. The fourth-order valence-corrected chi connectivity index (χ4v) is 3.11. The van der Waals surface area contributed by atoms with Gasteiger partial charge in [-0.1, -0.05) is 0 Å². The highest BCUT2D eigenvalue weighted by Gasteiger charge is 2.45. The van der Waals surface area contributed by atoms with Crippen molar-refractivity contribution in [2.75, 3.05) is 18.8 Å². The van der Waals surface area contributed by atoms with Gasteiger partial charge in [-0.3, -0.25) is 0 Å². The zero-order chi connectivity index (χ0) is 20.8. The molecule has 0 bridgehead atoms. The molecule has 1 aliphatic heterocycles. The van der Waals surface area contributed by atoms with E-state index in [1.165, 1.54) is 0 Å². The highest BCUT2D eigenvalue weighted by Crippen LogP contribution is 2.41. The predicted octanol–water partition coefficient (Wildman–Crippen LogP) is 2.78. The molecule has 0 spiro atoms. The average molecular weight is 415 g/mol. The zero-order valence-electron chi connectivity index (χ0n) is 14.6. The summed E-state index contributed by atoms with van der Waals surface area (Å²) in [7, 11) is 0. The van der Waals surface area contributed by atoms with Crippen LogP contribution in [-0.2, 0) is 6.18 Å². The molecule has 0 radical (unpaired) electrons. The molecule has 3 N–H and O–H groups in total. The molecule has 0 aliphatic carbocycles. The summed E-state index contributed by atoms with van der Waals surface area (Å²) in [6.45, 7) is -0.296. The third-order valence-electron chi connectivity index (χ3n) is 4.48. The van der Waals surface area contributed by atoms with Crippen molar-refractivity contribution in [2.24, 2.45) is 0 Å². The van der Waals surface area contributed by atoms with Gasteiger partial charge in [-0.2, -0.15) is 13.2 Å². The number of hydrogen-bond donors (Lipinski definition) is 2. The molecule has 0 aromatic carbocycles. The van der Waals surface area contributed by atoms with Gasteiger partial charge in [-0.05, 0) is 19.0 Å². The minimum absolute atomic E-state index is 0.000696. The largest absolute Gasteiger partial charge is 0.420 e. The monoisotopic (exact) mass is 415 g/mol. The number of pyridine rings is 1. The van der Waals surface area contributed by atoms with Crippen LogP contribution in [0.15, 0.2) is 24.7 Å². The van der Waals surface area contributed by atoms with Gasteiger partial charge in [0.05, 0.1) is 12.1 Å². The number of nitrogen functional groups attached to an aromatic ring is 1. The van der Waals surface area contributed by atoms with Gasteiger partial charge in [0.15, 0.2) is 5.65 Å². The molecule has 0 amide bonds. The lowest BCUT2D eigenvalue weighted by Crippen LogP contribution is -2.47. The van der Waals surface area contributed by atoms with E-state index < -0.39 is 36.1 Å². The molecule has 1 fully saturated rings. The van der Waals surface area contributed by atoms with Gasteiger partial charge in [0.25, 0.3) is 5.92 Å². The first-order valence-corrected chi connectivity index (χ1v) is 8.45. The van der Waals surface area contributed by atoms with Gasteiger partial charge in [0.1, 0.15) is 23.6 Å². The zero-order valence-corrected chi connectivity index (χ0v) is 14.6. The Morgan fingerprint density at radius 1 is 1.24 bits per heavy atom. The summed E-state index contributed by atoms with van der Waals surface area (Å²) >= 11 is 0. The van der Waals surface area contributed by atoms with Crippen molar-refractivity contribution >= 4 is 16.9 Å². The Labute approximate surface area is 159 Å². The molecule has 1 aliphatic rings. The normalized spacial score (nSPS) is 19.4. The van der Waals surface area contributed by atoms with Gasteiger partial charge >= 0.3 is 6.18 Å². The molecule has 1 saturated heterocycles. The van der Waals surface area contributed by atoms with Gasteiger partial charge < -0.3 is 15.8 Å². The van der Waals surface area contributed by atoms with Crippen LogP contribution in [0.5, 0.6) is 11.8 Å². The topological polar surface area (TPSA) is 104 Å². The van der Waals surface area contributed by atoms with E-state index in [-0.39, 0.29) is 29.2 Å². The number of nitrogens with zero attached hydrogens (tertiary/aromatic N) is 5. The van der Waals surface area contributed by atoms with E-state index in [0.717, 1.165) is 23.3 Å². The maximum absolute atomic E-state index is 14.5. The van der Waals surface area contributed by atoms with Crippen LogP contribution in [0.25, 0.3) is 11.0 Å². The van der Waals surface area contributed by atoms with Crippen LogP contribution in [0.2, 0.25) is 0 Å². The first kappa shape index (κ1) is 19.2.